The largest absolute Gasteiger partial charge is 0.489 e. The van der Waals surface area contributed by atoms with Gasteiger partial charge in [-0.25, -0.2) is 4.99 Å². The van der Waals surface area contributed by atoms with Crippen molar-refractivity contribution in [3.63, 3.8) is 0 Å². The SMILES string of the molecule is CCN(CC)C(=O)C1=C(C)N=c2s/c(=C/c3cccc(OCc4cccc5ccccc45)c3)c(=O)n2[C@@H]1c1ccc(Cl)cc1. The lowest BCUT2D eigenvalue weighted by Crippen LogP contribution is -2.43. The lowest BCUT2D eigenvalue weighted by molar-refractivity contribution is -0.127. The number of hydrogen-bond acceptors (Lipinski definition) is 5. The number of carbonyl (C=O) groups is 1. The van der Waals surface area contributed by atoms with Gasteiger partial charge in [0.2, 0.25) is 0 Å². The van der Waals surface area contributed by atoms with Crippen molar-refractivity contribution in [3.8, 4) is 5.75 Å². The highest BCUT2D eigenvalue weighted by atomic mass is 35.5. The maximum absolute atomic E-state index is 14.0. The highest BCUT2D eigenvalue weighted by Crippen LogP contribution is 2.32. The summed E-state index contributed by atoms with van der Waals surface area (Å²) in [4.78, 5) is 34.9. The Bertz CT molecular complexity index is 2070. The van der Waals surface area contributed by atoms with Crippen LogP contribution in [0, 0.1) is 0 Å². The van der Waals surface area contributed by atoms with Gasteiger partial charge < -0.3 is 9.64 Å². The van der Waals surface area contributed by atoms with E-state index in [0.29, 0.717) is 51.1 Å². The number of hydrogen-bond donors (Lipinski definition) is 0. The van der Waals surface area contributed by atoms with Crippen LogP contribution >= 0.6 is 22.9 Å². The fourth-order valence-corrected chi connectivity index (χ4v) is 6.83. The van der Waals surface area contributed by atoms with Crippen molar-refractivity contribution in [2.75, 3.05) is 13.1 Å². The van der Waals surface area contributed by atoms with Crippen LogP contribution in [0.3, 0.4) is 0 Å². The Kier molecular flexibility index (Phi) is 8.51. The second-order valence-electron chi connectivity index (χ2n) is 10.6. The molecule has 1 atom stereocenters. The molecule has 0 radical (unpaired) electrons. The highest BCUT2D eigenvalue weighted by Gasteiger charge is 2.34. The third-order valence-electron chi connectivity index (χ3n) is 7.92. The Balaban J connectivity index is 1.37. The monoisotopic (exact) mass is 621 g/mol. The van der Waals surface area contributed by atoms with Crippen molar-refractivity contribution in [2.45, 2.75) is 33.4 Å². The van der Waals surface area contributed by atoms with Gasteiger partial charge in [0.25, 0.3) is 11.5 Å². The van der Waals surface area contributed by atoms with E-state index < -0.39 is 6.04 Å². The Hall–Kier alpha value is -4.46. The number of nitrogens with zero attached hydrogens (tertiary/aromatic N) is 3. The normalized spacial score (nSPS) is 14.8. The predicted molar refractivity (Wildman–Crippen MR) is 178 cm³/mol. The number of benzene rings is 4. The van der Waals surface area contributed by atoms with E-state index in [2.05, 4.69) is 24.3 Å². The number of amides is 1. The number of halogens is 1. The molecule has 4 aromatic carbocycles. The number of aromatic nitrogens is 1. The Morgan fingerprint density at radius 3 is 2.50 bits per heavy atom. The molecule has 6 nitrogen and oxygen atoms in total. The Morgan fingerprint density at radius 2 is 1.73 bits per heavy atom. The first-order valence-electron chi connectivity index (χ1n) is 14.6. The molecule has 1 amide bonds. The summed E-state index contributed by atoms with van der Waals surface area (Å²) in [5, 5.41) is 2.92. The van der Waals surface area contributed by atoms with Gasteiger partial charge in [-0.2, -0.15) is 0 Å². The summed E-state index contributed by atoms with van der Waals surface area (Å²) < 4.78 is 8.36. The van der Waals surface area contributed by atoms with Crippen molar-refractivity contribution in [3.05, 3.63) is 144 Å². The van der Waals surface area contributed by atoms with E-state index in [9.17, 15) is 9.59 Å². The van der Waals surface area contributed by atoms with Crippen molar-refractivity contribution >= 4 is 45.7 Å². The minimum atomic E-state index is -0.617. The molecule has 1 aliphatic heterocycles. The maximum atomic E-state index is 14.0. The van der Waals surface area contributed by atoms with E-state index in [1.165, 1.54) is 16.7 Å². The second kappa shape index (κ2) is 12.6. The molecule has 44 heavy (non-hydrogen) atoms. The Labute approximate surface area is 264 Å². The van der Waals surface area contributed by atoms with E-state index in [1.54, 1.807) is 21.6 Å². The van der Waals surface area contributed by atoms with Gasteiger partial charge in [0.15, 0.2) is 4.80 Å². The molecular weight excluding hydrogens is 590 g/mol. The fraction of sp³-hybridized carbons (Fsp3) is 0.194. The van der Waals surface area contributed by atoms with Crippen LogP contribution in [0.1, 0.15) is 43.5 Å². The molecule has 0 unspecified atom stereocenters. The molecule has 8 heteroatoms. The first kappa shape index (κ1) is 29.6. The van der Waals surface area contributed by atoms with Gasteiger partial charge in [0, 0.05) is 18.1 Å². The van der Waals surface area contributed by atoms with Gasteiger partial charge in [-0.3, -0.25) is 14.2 Å². The third-order valence-corrected chi connectivity index (χ3v) is 9.15. The first-order chi connectivity index (χ1) is 21.4. The average Bonchev–Trinajstić information content (AvgIpc) is 3.34. The smallest absolute Gasteiger partial charge is 0.271 e. The van der Waals surface area contributed by atoms with E-state index >= 15 is 0 Å². The molecule has 1 aromatic heterocycles. The number of ether oxygens (including phenoxy) is 1. The molecule has 1 aliphatic rings. The minimum Gasteiger partial charge on any atom is -0.489 e. The van der Waals surface area contributed by atoms with Crippen molar-refractivity contribution < 1.29 is 9.53 Å². The molecule has 222 valence electrons. The fourth-order valence-electron chi connectivity index (χ4n) is 5.66. The molecule has 0 saturated carbocycles. The number of allylic oxidation sites excluding steroid dienone is 1. The molecule has 0 N–H and O–H groups in total. The van der Waals surface area contributed by atoms with Crippen LogP contribution in [0.15, 0.2) is 112 Å². The van der Waals surface area contributed by atoms with Gasteiger partial charge in [-0.05, 0) is 78.6 Å². The van der Waals surface area contributed by atoms with Crippen LogP contribution in [-0.2, 0) is 11.4 Å². The zero-order valence-electron chi connectivity index (χ0n) is 24.8. The molecule has 0 bridgehead atoms. The molecular formula is C36H32ClN3O3S. The summed E-state index contributed by atoms with van der Waals surface area (Å²) in [7, 11) is 0. The molecule has 0 aliphatic carbocycles. The number of carbonyl (C=O) groups excluding carboxylic acids is 1. The topological polar surface area (TPSA) is 63.9 Å². The predicted octanol–water partition coefficient (Wildman–Crippen LogP) is 6.49. The number of likely N-dealkylation sites (N-methyl/N-ethyl adjacent to an activating group) is 1. The van der Waals surface area contributed by atoms with Gasteiger partial charge in [0.1, 0.15) is 12.4 Å². The summed E-state index contributed by atoms with van der Waals surface area (Å²) in [5.74, 6) is 0.586. The second-order valence-corrected chi connectivity index (χ2v) is 12.1. The summed E-state index contributed by atoms with van der Waals surface area (Å²) in [5.41, 5.74) is 3.65. The van der Waals surface area contributed by atoms with Crippen molar-refractivity contribution in [1.29, 1.82) is 0 Å². The van der Waals surface area contributed by atoms with E-state index in [-0.39, 0.29) is 11.5 Å². The van der Waals surface area contributed by atoms with Crippen LogP contribution < -0.4 is 19.6 Å². The molecule has 5 aromatic rings. The van der Waals surface area contributed by atoms with Gasteiger partial charge in [-0.1, -0.05) is 89.7 Å². The maximum Gasteiger partial charge on any atom is 0.271 e. The summed E-state index contributed by atoms with van der Waals surface area (Å²) in [6.07, 6.45) is 1.86. The average molecular weight is 622 g/mol. The van der Waals surface area contributed by atoms with E-state index in [4.69, 9.17) is 21.3 Å². The van der Waals surface area contributed by atoms with Crippen molar-refractivity contribution in [2.24, 2.45) is 4.99 Å². The number of thiazole rings is 1. The van der Waals surface area contributed by atoms with Crippen LogP contribution in [-0.4, -0.2) is 28.5 Å². The highest BCUT2D eigenvalue weighted by molar-refractivity contribution is 7.07. The van der Waals surface area contributed by atoms with Crippen molar-refractivity contribution in [1.82, 2.24) is 9.47 Å². The summed E-state index contributed by atoms with van der Waals surface area (Å²) >= 11 is 7.52. The standard InChI is InChI=1S/C36H32ClN3O3S/c1-4-39(5-2)35(42)32-23(3)38-36-40(33(32)26-16-18-28(37)19-17-26)34(41)31(44-36)21-24-10-8-14-29(20-24)43-22-27-13-9-12-25-11-6-7-15-30(25)27/h6-21,33H,4-5,22H2,1-3H3/b31-21+/t33-/m1/s1. The Morgan fingerprint density at radius 1 is 1.00 bits per heavy atom. The van der Waals surface area contributed by atoms with Crippen LogP contribution in [0.25, 0.3) is 16.8 Å². The summed E-state index contributed by atoms with van der Waals surface area (Å²) in [6, 6.07) is 28.9. The quantitative estimate of drug-likeness (QED) is 0.199. The summed E-state index contributed by atoms with van der Waals surface area (Å²) in [6.45, 7) is 7.28. The first-order valence-corrected chi connectivity index (χ1v) is 15.8. The van der Waals surface area contributed by atoms with E-state index in [0.717, 1.165) is 22.1 Å². The lowest BCUT2D eigenvalue weighted by atomic mass is 9.94. The van der Waals surface area contributed by atoms with Crippen LogP contribution in [0.4, 0.5) is 0 Å². The number of fused-ring (bicyclic) bond motifs is 2. The zero-order chi connectivity index (χ0) is 30.8. The molecule has 0 spiro atoms. The molecule has 0 saturated heterocycles. The van der Waals surface area contributed by atoms with Gasteiger partial charge in [-0.15, -0.1) is 0 Å². The molecule has 0 fully saturated rings. The van der Waals surface area contributed by atoms with Gasteiger partial charge >= 0.3 is 0 Å². The van der Waals surface area contributed by atoms with Crippen LogP contribution in [0.5, 0.6) is 5.75 Å². The third kappa shape index (κ3) is 5.73. The van der Waals surface area contributed by atoms with Gasteiger partial charge in [0.05, 0.1) is 21.8 Å². The number of rotatable bonds is 8. The minimum absolute atomic E-state index is 0.124. The lowest BCUT2D eigenvalue weighted by Gasteiger charge is -2.29. The van der Waals surface area contributed by atoms with Crippen LogP contribution in [0.2, 0.25) is 5.02 Å². The van der Waals surface area contributed by atoms with E-state index in [1.807, 2.05) is 81.4 Å². The molecule has 2 heterocycles. The molecule has 6 rings (SSSR count). The zero-order valence-corrected chi connectivity index (χ0v) is 26.4.